The Kier molecular flexibility index (Phi) is 5.20. The van der Waals surface area contributed by atoms with Crippen LogP contribution in [0.2, 0.25) is 0 Å². The van der Waals surface area contributed by atoms with Crippen molar-refractivity contribution in [2.24, 2.45) is 0 Å². The van der Waals surface area contributed by atoms with E-state index < -0.39 is 10.0 Å². The first-order valence-electron chi connectivity index (χ1n) is 9.90. The van der Waals surface area contributed by atoms with Crippen molar-refractivity contribution in [3.8, 4) is 11.3 Å². The van der Waals surface area contributed by atoms with Crippen LogP contribution in [0.1, 0.15) is 15.9 Å². The van der Waals surface area contributed by atoms with Crippen molar-refractivity contribution in [3.05, 3.63) is 89.6 Å². The highest BCUT2D eigenvalue weighted by molar-refractivity contribution is 7.92. The summed E-state index contributed by atoms with van der Waals surface area (Å²) in [6.45, 7) is 0.402. The highest BCUT2D eigenvalue weighted by Gasteiger charge is 2.31. The van der Waals surface area contributed by atoms with Gasteiger partial charge in [0.25, 0.3) is 15.9 Å². The summed E-state index contributed by atoms with van der Waals surface area (Å²) in [6.07, 6.45) is 3.74. The molecule has 0 aliphatic carbocycles. The highest BCUT2D eigenvalue weighted by Crippen LogP contribution is 2.36. The third-order valence-corrected chi connectivity index (χ3v) is 7.79. The van der Waals surface area contributed by atoms with Crippen molar-refractivity contribution >= 4 is 38.1 Å². The van der Waals surface area contributed by atoms with E-state index in [2.05, 4.69) is 15.3 Å². The van der Waals surface area contributed by atoms with Gasteiger partial charge in [-0.2, -0.15) is 0 Å². The maximum Gasteiger partial charge on any atom is 0.264 e. The summed E-state index contributed by atoms with van der Waals surface area (Å²) in [7, 11) is -3.60. The van der Waals surface area contributed by atoms with Crippen molar-refractivity contribution in [2.45, 2.75) is 11.3 Å². The normalized spacial score (nSPS) is 13.1. The highest BCUT2D eigenvalue weighted by atomic mass is 32.2. The smallest absolute Gasteiger partial charge is 0.264 e. The van der Waals surface area contributed by atoms with Crippen molar-refractivity contribution in [2.75, 3.05) is 16.2 Å². The van der Waals surface area contributed by atoms with E-state index in [4.69, 9.17) is 0 Å². The second kappa shape index (κ2) is 8.18. The van der Waals surface area contributed by atoms with Gasteiger partial charge in [-0.25, -0.2) is 13.4 Å². The minimum atomic E-state index is -3.60. The first-order valence-corrected chi connectivity index (χ1v) is 12.2. The molecule has 0 saturated heterocycles. The molecule has 3 heterocycles. The second-order valence-corrected chi connectivity index (χ2v) is 9.94. The number of benzene rings is 2. The molecule has 0 unspecified atom stereocenters. The molecular formula is C23H18N4O3S2. The Balaban J connectivity index is 1.37. The van der Waals surface area contributed by atoms with Crippen LogP contribution >= 0.6 is 11.3 Å². The zero-order valence-corrected chi connectivity index (χ0v) is 18.4. The second-order valence-electron chi connectivity index (χ2n) is 7.22. The Bertz CT molecular complexity index is 1390. The number of nitrogens with one attached hydrogen (secondary N) is 1. The standard InChI is InChI=1S/C23H18N4O3S2/c28-22(18-5-4-11-24-14-18)26-23-25-20(15-31-23)16-8-9-21-17(13-16)10-12-27(21)32(29,30)19-6-2-1-3-7-19/h1-9,11,13-15H,10,12H2,(H,25,26,28). The fourth-order valence-electron chi connectivity index (χ4n) is 3.63. The molecule has 0 atom stereocenters. The molecule has 1 aliphatic rings. The number of pyridine rings is 1. The topological polar surface area (TPSA) is 92.3 Å². The van der Waals surface area contributed by atoms with Crippen molar-refractivity contribution in [1.29, 1.82) is 0 Å². The van der Waals surface area contributed by atoms with E-state index in [0.717, 1.165) is 16.8 Å². The summed E-state index contributed by atoms with van der Waals surface area (Å²) in [6, 6.07) is 17.5. The molecular weight excluding hydrogens is 444 g/mol. The van der Waals surface area contributed by atoms with Gasteiger partial charge in [0.2, 0.25) is 0 Å². The van der Waals surface area contributed by atoms with E-state index >= 15 is 0 Å². The van der Waals surface area contributed by atoms with E-state index in [0.29, 0.717) is 29.3 Å². The quantitative estimate of drug-likeness (QED) is 0.480. The van der Waals surface area contributed by atoms with E-state index in [1.165, 1.54) is 21.8 Å². The SMILES string of the molecule is O=C(Nc1nc(-c2ccc3c(c2)CCN3S(=O)(=O)c2ccccc2)cs1)c1cccnc1. The number of hydrogen-bond donors (Lipinski definition) is 1. The van der Waals surface area contributed by atoms with Crippen molar-refractivity contribution in [3.63, 3.8) is 0 Å². The fraction of sp³-hybridized carbons (Fsp3) is 0.0870. The number of anilines is 2. The Morgan fingerprint density at radius 1 is 1.06 bits per heavy atom. The lowest BCUT2D eigenvalue weighted by molar-refractivity contribution is 0.102. The van der Waals surface area contributed by atoms with Gasteiger partial charge in [0.05, 0.1) is 21.8 Å². The molecule has 9 heteroatoms. The predicted molar refractivity (Wildman–Crippen MR) is 124 cm³/mol. The first kappa shape index (κ1) is 20.3. The Morgan fingerprint density at radius 3 is 2.69 bits per heavy atom. The van der Waals surface area contributed by atoms with E-state index in [9.17, 15) is 13.2 Å². The van der Waals surface area contributed by atoms with Crippen LogP contribution in [0.5, 0.6) is 0 Å². The summed E-state index contributed by atoms with van der Waals surface area (Å²) in [5.41, 5.74) is 3.71. The number of hydrogen-bond acceptors (Lipinski definition) is 6. The summed E-state index contributed by atoms with van der Waals surface area (Å²) in [5, 5.41) is 5.14. The Labute approximate surface area is 189 Å². The molecule has 1 amide bonds. The average molecular weight is 463 g/mol. The van der Waals surface area contributed by atoms with Crippen LogP contribution in [0.25, 0.3) is 11.3 Å². The summed E-state index contributed by atoms with van der Waals surface area (Å²) < 4.78 is 27.6. The lowest BCUT2D eigenvalue weighted by Gasteiger charge is -2.19. The lowest BCUT2D eigenvalue weighted by Crippen LogP contribution is -2.29. The van der Waals surface area contributed by atoms with Crippen LogP contribution in [-0.2, 0) is 16.4 Å². The zero-order chi connectivity index (χ0) is 22.1. The minimum Gasteiger partial charge on any atom is -0.298 e. The maximum atomic E-state index is 13.0. The Hall–Kier alpha value is -3.56. The molecule has 0 saturated carbocycles. The van der Waals surface area contributed by atoms with Gasteiger partial charge in [-0.1, -0.05) is 24.3 Å². The maximum absolute atomic E-state index is 13.0. The molecule has 1 aliphatic heterocycles. The summed E-state index contributed by atoms with van der Waals surface area (Å²) in [4.78, 5) is 21.1. The largest absolute Gasteiger partial charge is 0.298 e. The molecule has 0 fully saturated rings. The van der Waals surface area contributed by atoms with E-state index in [1.807, 2.05) is 23.6 Å². The molecule has 0 spiro atoms. The molecule has 2 aromatic heterocycles. The van der Waals surface area contributed by atoms with Crippen LogP contribution in [0.15, 0.2) is 83.3 Å². The van der Waals surface area contributed by atoms with Crippen molar-refractivity contribution in [1.82, 2.24) is 9.97 Å². The zero-order valence-electron chi connectivity index (χ0n) is 16.8. The summed E-state index contributed by atoms with van der Waals surface area (Å²) in [5.74, 6) is -0.269. The molecule has 5 rings (SSSR count). The number of nitrogens with zero attached hydrogens (tertiary/aromatic N) is 3. The molecule has 0 radical (unpaired) electrons. The number of thiazole rings is 1. The number of carbonyl (C=O) groups excluding carboxylic acids is 1. The number of sulfonamides is 1. The van der Waals surface area contributed by atoms with Gasteiger partial charge in [0.15, 0.2) is 5.13 Å². The van der Waals surface area contributed by atoms with E-state index in [-0.39, 0.29) is 10.8 Å². The number of amides is 1. The fourth-order valence-corrected chi connectivity index (χ4v) is 5.87. The van der Waals surface area contributed by atoms with Gasteiger partial charge < -0.3 is 0 Å². The van der Waals surface area contributed by atoms with Gasteiger partial charge >= 0.3 is 0 Å². The van der Waals surface area contributed by atoms with Gasteiger partial charge in [-0.3, -0.25) is 19.4 Å². The van der Waals surface area contributed by atoms with Crippen LogP contribution in [0.3, 0.4) is 0 Å². The van der Waals surface area contributed by atoms with Crippen LogP contribution in [-0.4, -0.2) is 30.8 Å². The molecule has 0 bridgehead atoms. The average Bonchev–Trinajstić information content (AvgIpc) is 3.47. The van der Waals surface area contributed by atoms with Gasteiger partial charge in [-0.15, -0.1) is 11.3 Å². The van der Waals surface area contributed by atoms with Gasteiger partial charge in [-0.05, 0) is 48.4 Å². The molecule has 32 heavy (non-hydrogen) atoms. The minimum absolute atomic E-state index is 0.269. The molecule has 4 aromatic rings. The lowest BCUT2D eigenvalue weighted by atomic mass is 10.1. The molecule has 160 valence electrons. The third kappa shape index (κ3) is 3.76. The molecule has 2 aromatic carbocycles. The van der Waals surface area contributed by atoms with E-state index in [1.54, 1.807) is 48.7 Å². The summed E-state index contributed by atoms with van der Waals surface area (Å²) >= 11 is 1.33. The number of aromatic nitrogens is 2. The first-order chi connectivity index (χ1) is 15.5. The van der Waals surface area contributed by atoms with Crippen LogP contribution in [0.4, 0.5) is 10.8 Å². The van der Waals surface area contributed by atoms with Crippen LogP contribution in [0, 0.1) is 0 Å². The monoisotopic (exact) mass is 462 g/mol. The number of fused-ring (bicyclic) bond motifs is 1. The van der Waals surface area contributed by atoms with Gasteiger partial charge in [0, 0.05) is 29.9 Å². The van der Waals surface area contributed by atoms with Crippen molar-refractivity contribution < 1.29 is 13.2 Å². The third-order valence-electron chi connectivity index (χ3n) is 5.21. The molecule has 1 N–H and O–H groups in total. The Morgan fingerprint density at radius 2 is 1.91 bits per heavy atom. The van der Waals surface area contributed by atoms with Gasteiger partial charge in [0.1, 0.15) is 0 Å². The molecule has 7 nitrogen and oxygen atoms in total. The number of rotatable bonds is 5. The van der Waals surface area contributed by atoms with Crippen LogP contribution < -0.4 is 9.62 Å². The predicted octanol–water partition coefficient (Wildman–Crippen LogP) is 4.21. The number of carbonyl (C=O) groups is 1.